The largest absolute Gasteiger partial charge is 1.00 e. The second-order valence-corrected chi connectivity index (χ2v) is 26.2. The van der Waals surface area contributed by atoms with E-state index in [1.54, 1.807) is 37.5 Å². The molecule has 2 atom stereocenters. The first kappa shape index (κ1) is 47.6. The molecule has 0 N–H and O–H groups in total. The van der Waals surface area contributed by atoms with Gasteiger partial charge in [-0.05, 0) is 78.3 Å². The number of ether oxygens (including phenoxy) is 1. The summed E-state index contributed by atoms with van der Waals surface area (Å²) in [5.74, 6) is -1.41. The smallest absolute Gasteiger partial charge is 0.549 e. The number of pyridine rings is 2. The summed E-state index contributed by atoms with van der Waals surface area (Å²) in [6, 6.07) is 10.9. The third-order valence-corrected chi connectivity index (χ3v) is 22.4. The summed E-state index contributed by atoms with van der Waals surface area (Å²) in [6.07, 6.45) is 3.32. The maximum Gasteiger partial charge on any atom is 1.00 e. The summed E-state index contributed by atoms with van der Waals surface area (Å²) < 4.78 is 18.5. The summed E-state index contributed by atoms with van der Waals surface area (Å²) >= 11 is 0. The fourth-order valence-electron chi connectivity index (χ4n) is 7.68. The quantitative estimate of drug-likeness (QED) is 0.158. The maximum absolute atomic E-state index is 12.8. The standard InChI is InChI=1S/C20H35NO3Si.C18H31NO3Si.Na/c1-9-23-19(22)20(8,18-12-10-11-13-21-18)14-24-25(15(2)3,16(4)5)17(6)7;1-13(2)23(14(3)4,15(5)6)22-12-18(7,17(20)21)16-10-8-9-11-19-16;/h10-13,15-17H,9,14H2,1-8H3;8-11,13-15H,12H2,1-7H3,(H,20,21);/q;;+1/p-1. The molecule has 2 rings (SSSR count). The first-order chi connectivity index (χ1) is 22.2. The van der Waals surface area contributed by atoms with E-state index < -0.39 is 33.4 Å². The Labute approximate surface area is 322 Å². The van der Waals surface area contributed by atoms with Crippen molar-refractivity contribution in [2.24, 2.45) is 0 Å². The predicted molar refractivity (Wildman–Crippen MR) is 199 cm³/mol. The zero-order valence-electron chi connectivity index (χ0n) is 33.5. The Kier molecular flexibility index (Phi) is 20.0. The van der Waals surface area contributed by atoms with Gasteiger partial charge in [-0.3, -0.25) is 14.8 Å². The zero-order valence-corrected chi connectivity index (χ0v) is 37.5. The topological polar surface area (TPSA) is 111 Å². The molecule has 0 amide bonds. The van der Waals surface area contributed by atoms with Crippen molar-refractivity contribution in [1.29, 1.82) is 0 Å². The van der Waals surface area contributed by atoms with Gasteiger partial charge < -0.3 is 23.5 Å². The Hall–Kier alpha value is -1.41. The van der Waals surface area contributed by atoms with Crippen molar-refractivity contribution in [3.05, 3.63) is 60.2 Å². The Morgan fingerprint density at radius 1 is 0.653 bits per heavy atom. The molecule has 0 aliphatic carbocycles. The third kappa shape index (κ3) is 11.0. The number of hydrogen-bond acceptors (Lipinski definition) is 8. The number of hydrogen-bond donors (Lipinski definition) is 0. The Bertz CT molecular complexity index is 1220. The number of aliphatic carboxylic acids is 1. The summed E-state index contributed by atoms with van der Waals surface area (Å²) in [5, 5.41) is 11.8. The second kappa shape index (κ2) is 20.6. The number of rotatable bonds is 17. The molecular formula is C38H65N2NaO6Si2. The summed E-state index contributed by atoms with van der Waals surface area (Å²) in [7, 11) is -4.21. The molecule has 0 saturated carbocycles. The molecule has 2 unspecified atom stereocenters. The molecule has 2 heterocycles. The van der Waals surface area contributed by atoms with Crippen LogP contribution in [0.5, 0.6) is 0 Å². The fraction of sp³-hybridized carbons (Fsp3) is 0.684. The minimum atomic E-state index is -2.14. The van der Waals surface area contributed by atoms with Gasteiger partial charge >= 0.3 is 35.5 Å². The molecule has 2 aromatic rings. The fourth-order valence-corrected chi connectivity index (χ4v) is 18.8. The normalized spacial score (nSPS) is 14.7. The molecule has 11 heteroatoms. The van der Waals surface area contributed by atoms with Crippen molar-refractivity contribution < 1.29 is 57.8 Å². The van der Waals surface area contributed by atoms with Crippen LogP contribution in [0.2, 0.25) is 33.2 Å². The number of aromatic nitrogens is 2. The van der Waals surface area contributed by atoms with Crippen LogP contribution in [0.15, 0.2) is 48.8 Å². The number of carbonyl (C=O) groups excluding carboxylic acids is 2. The molecule has 272 valence electrons. The van der Waals surface area contributed by atoms with Crippen LogP contribution < -0.4 is 34.7 Å². The Morgan fingerprint density at radius 3 is 1.24 bits per heavy atom. The van der Waals surface area contributed by atoms with Crippen LogP contribution in [-0.4, -0.2) is 58.4 Å². The van der Waals surface area contributed by atoms with E-state index in [-0.39, 0.29) is 42.1 Å². The molecule has 0 aromatic carbocycles. The average molecular weight is 725 g/mol. The number of carboxylic acids is 1. The van der Waals surface area contributed by atoms with Gasteiger partial charge in [-0.2, -0.15) is 0 Å². The van der Waals surface area contributed by atoms with Gasteiger partial charge in [0.05, 0.1) is 42.6 Å². The second-order valence-electron chi connectivity index (χ2n) is 15.3. The first-order valence-electron chi connectivity index (χ1n) is 17.7. The summed E-state index contributed by atoms with van der Waals surface area (Å²) in [4.78, 5) is 33.2. The van der Waals surface area contributed by atoms with Gasteiger partial charge in [-0.25, -0.2) is 0 Å². The summed E-state index contributed by atoms with van der Waals surface area (Å²) in [5.41, 5.74) is 1.64. The maximum atomic E-state index is 12.8. The van der Waals surface area contributed by atoms with Crippen molar-refractivity contribution in [2.75, 3.05) is 19.8 Å². The van der Waals surface area contributed by atoms with Gasteiger partial charge in [0.25, 0.3) is 0 Å². The molecule has 49 heavy (non-hydrogen) atoms. The number of nitrogens with zero attached hydrogens (tertiary/aromatic N) is 2. The molecular weight excluding hydrogens is 660 g/mol. The molecule has 0 radical (unpaired) electrons. The van der Waals surface area contributed by atoms with Gasteiger partial charge in [-0.15, -0.1) is 0 Å². The van der Waals surface area contributed by atoms with Crippen LogP contribution in [0, 0.1) is 0 Å². The van der Waals surface area contributed by atoms with Crippen molar-refractivity contribution in [3.63, 3.8) is 0 Å². The van der Waals surface area contributed by atoms with Crippen molar-refractivity contribution in [1.82, 2.24) is 9.97 Å². The minimum absolute atomic E-state index is 0. The van der Waals surface area contributed by atoms with Crippen LogP contribution in [0.25, 0.3) is 0 Å². The number of carboxylic acid groups (broad SMARTS) is 1. The summed E-state index contributed by atoms with van der Waals surface area (Å²) in [6.45, 7) is 32.7. The van der Waals surface area contributed by atoms with E-state index in [0.29, 0.717) is 57.8 Å². The van der Waals surface area contributed by atoms with Gasteiger partial charge in [0.15, 0.2) is 16.6 Å². The van der Waals surface area contributed by atoms with E-state index in [1.165, 1.54) is 0 Å². The monoisotopic (exact) mass is 724 g/mol. The van der Waals surface area contributed by atoms with Gasteiger partial charge in [0, 0.05) is 12.4 Å². The zero-order chi connectivity index (χ0) is 37.1. The molecule has 0 aliphatic heterocycles. The SMILES string of the molecule is CC(C)[Si](OCC(C)(C(=O)[O-])c1ccccn1)(C(C)C)C(C)C.CCOC(=O)C(C)(CO[Si](C(C)C)(C(C)C)C(C)C)c1ccccn1.[Na+]. The van der Waals surface area contributed by atoms with Crippen LogP contribution in [-0.2, 0) is 34.0 Å². The van der Waals surface area contributed by atoms with Crippen molar-refractivity contribution in [2.45, 2.75) is 148 Å². The molecule has 0 bridgehead atoms. The van der Waals surface area contributed by atoms with Gasteiger partial charge in [0.1, 0.15) is 5.41 Å². The van der Waals surface area contributed by atoms with E-state index in [2.05, 4.69) is 93.1 Å². The van der Waals surface area contributed by atoms with E-state index >= 15 is 0 Å². The molecule has 8 nitrogen and oxygen atoms in total. The molecule has 0 fully saturated rings. The van der Waals surface area contributed by atoms with E-state index in [0.717, 1.165) is 0 Å². The Morgan fingerprint density at radius 2 is 0.980 bits per heavy atom. The first-order valence-corrected chi connectivity index (χ1v) is 22.0. The van der Waals surface area contributed by atoms with Crippen LogP contribution in [0.3, 0.4) is 0 Å². The number of carbonyl (C=O) groups is 2. The van der Waals surface area contributed by atoms with Crippen LogP contribution in [0.1, 0.15) is 115 Å². The van der Waals surface area contributed by atoms with Crippen LogP contribution in [0.4, 0.5) is 0 Å². The molecule has 0 spiro atoms. The molecule has 0 saturated heterocycles. The molecule has 2 aromatic heterocycles. The minimum Gasteiger partial charge on any atom is -0.549 e. The number of esters is 1. The average Bonchev–Trinajstić information content (AvgIpc) is 3.01. The van der Waals surface area contributed by atoms with Crippen molar-refractivity contribution in [3.8, 4) is 0 Å². The van der Waals surface area contributed by atoms with E-state index in [9.17, 15) is 14.7 Å². The van der Waals surface area contributed by atoms with Gasteiger partial charge in [-0.1, -0.05) is 95.2 Å². The van der Waals surface area contributed by atoms with Crippen LogP contribution >= 0.6 is 0 Å². The predicted octanol–water partition coefficient (Wildman–Crippen LogP) is 5.38. The van der Waals surface area contributed by atoms with E-state index in [4.69, 9.17) is 13.6 Å². The Balaban J connectivity index is 0.000000925. The molecule has 0 aliphatic rings. The van der Waals surface area contributed by atoms with Gasteiger partial charge in [0.2, 0.25) is 0 Å². The van der Waals surface area contributed by atoms with Crippen molar-refractivity contribution >= 4 is 28.6 Å². The van der Waals surface area contributed by atoms with E-state index in [1.807, 2.05) is 32.0 Å². The third-order valence-electron chi connectivity index (χ3n) is 10.3.